The molecule has 11 nitrogen and oxygen atoms in total. The maximum absolute atomic E-state index is 13.2. The summed E-state index contributed by atoms with van der Waals surface area (Å²) >= 11 is 0. The molecule has 0 saturated carbocycles. The number of nitrogens with zero attached hydrogens (tertiary/aromatic N) is 7. The number of piperazine rings is 1. The molecule has 0 radical (unpaired) electrons. The van der Waals surface area contributed by atoms with Crippen molar-refractivity contribution in [2.45, 2.75) is 11.8 Å². The number of anilines is 1. The van der Waals surface area contributed by atoms with Gasteiger partial charge >= 0.3 is 0 Å². The number of hydrogen-bond donors (Lipinski definition) is 0. The van der Waals surface area contributed by atoms with Gasteiger partial charge in [-0.3, -0.25) is 0 Å². The summed E-state index contributed by atoms with van der Waals surface area (Å²) in [7, 11) is -0.441. The minimum absolute atomic E-state index is 0.260. The van der Waals surface area contributed by atoms with Crippen molar-refractivity contribution in [1.82, 2.24) is 29.3 Å². The SMILES string of the molecule is COc1ccc(-n2nnc3c(N4CCN(S(=O)(=O)c5ccc(OC)c(C)c5)CC4)ncnc32)cc1. The molecule has 1 aliphatic heterocycles. The number of methoxy groups -OCH3 is 2. The van der Waals surface area contributed by atoms with Gasteiger partial charge < -0.3 is 14.4 Å². The molecule has 0 bridgehead atoms. The van der Waals surface area contributed by atoms with Gasteiger partial charge in [-0.1, -0.05) is 5.21 Å². The quantitative estimate of drug-likeness (QED) is 0.396. The Balaban J connectivity index is 1.36. The topological polar surface area (TPSA) is 116 Å². The van der Waals surface area contributed by atoms with E-state index in [2.05, 4.69) is 20.3 Å². The van der Waals surface area contributed by atoms with E-state index in [-0.39, 0.29) is 4.90 Å². The van der Waals surface area contributed by atoms with Gasteiger partial charge in [0.15, 0.2) is 17.0 Å². The zero-order valence-corrected chi connectivity index (χ0v) is 20.4. The van der Waals surface area contributed by atoms with Gasteiger partial charge in [0.05, 0.1) is 24.8 Å². The zero-order chi connectivity index (χ0) is 24.6. The molecule has 1 aliphatic rings. The van der Waals surface area contributed by atoms with Crippen LogP contribution < -0.4 is 14.4 Å². The summed E-state index contributed by atoms with van der Waals surface area (Å²) in [5.74, 6) is 2.03. The van der Waals surface area contributed by atoms with Gasteiger partial charge in [-0.15, -0.1) is 5.10 Å². The number of fused-ring (bicyclic) bond motifs is 1. The predicted octanol–water partition coefficient (Wildman–Crippen LogP) is 2.05. The van der Waals surface area contributed by atoms with Crippen molar-refractivity contribution in [1.29, 1.82) is 0 Å². The second-order valence-corrected chi connectivity index (χ2v) is 10.0. The molecule has 2 aromatic heterocycles. The van der Waals surface area contributed by atoms with Crippen LogP contribution in [0.15, 0.2) is 53.7 Å². The number of sulfonamides is 1. The minimum atomic E-state index is -3.62. The van der Waals surface area contributed by atoms with Gasteiger partial charge in [0.25, 0.3) is 0 Å². The molecule has 1 fully saturated rings. The Kier molecular flexibility index (Phi) is 5.99. The summed E-state index contributed by atoms with van der Waals surface area (Å²) in [6.07, 6.45) is 1.48. The van der Waals surface area contributed by atoms with E-state index < -0.39 is 10.0 Å². The minimum Gasteiger partial charge on any atom is -0.497 e. The summed E-state index contributed by atoms with van der Waals surface area (Å²) in [4.78, 5) is 11.1. The second kappa shape index (κ2) is 9.12. The molecule has 3 heterocycles. The maximum atomic E-state index is 13.2. The fraction of sp³-hybridized carbons (Fsp3) is 0.304. The molecule has 12 heteroatoms. The van der Waals surface area contributed by atoms with Gasteiger partial charge in [-0.25, -0.2) is 18.4 Å². The normalized spacial score (nSPS) is 14.9. The summed E-state index contributed by atoms with van der Waals surface area (Å²) < 4.78 is 40.0. The van der Waals surface area contributed by atoms with Crippen molar-refractivity contribution in [3.05, 3.63) is 54.4 Å². The van der Waals surface area contributed by atoms with Crippen LogP contribution in [0.2, 0.25) is 0 Å². The van der Waals surface area contributed by atoms with Crippen molar-refractivity contribution in [3.8, 4) is 17.2 Å². The van der Waals surface area contributed by atoms with Crippen LogP contribution in [0.5, 0.6) is 11.5 Å². The number of rotatable bonds is 6. The lowest BCUT2D eigenvalue weighted by Crippen LogP contribution is -2.49. The molecule has 4 aromatic rings. The molecular formula is C23H25N7O4S. The molecule has 1 saturated heterocycles. The van der Waals surface area contributed by atoms with Crippen LogP contribution in [-0.2, 0) is 10.0 Å². The van der Waals surface area contributed by atoms with Gasteiger partial charge in [0.1, 0.15) is 17.8 Å². The van der Waals surface area contributed by atoms with Crippen molar-refractivity contribution in [2.24, 2.45) is 0 Å². The van der Waals surface area contributed by atoms with E-state index in [1.165, 1.54) is 10.6 Å². The summed E-state index contributed by atoms with van der Waals surface area (Å²) in [6.45, 7) is 3.41. The first-order valence-electron chi connectivity index (χ1n) is 11.0. The van der Waals surface area contributed by atoms with Crippen LogP contribution in [0.25, 0.3) is 16.9 Å². The molecule has 5 rings (SSSR count). The standard InChI is InChI=1S/C23H25N7O4S/c1-16-14-19(8-9-20(16)34-3)35(31,32)29-12-10-28(11-13-29)22-21-23(25-15-24-22)30(27-26-21)17-4-6-18(33-2)7-5-17/h4-9,14-15H,10-13H2,1-3H3. The lowest BCUT2D eigenvalue weighted by atomic mass is 10.2. The molecule has 0 spiro atoms. The highest BCUT2D eigenvalue weighted by molar-refractivity contribution is 7.89. The Morgan fingerprint density at radius 2 is 1.66 bits per heavy atom. The van der Waals surface area contributed by atoms with Gasteiger partial charge in [0.2, 0.25) is 10.0 Å². The van der Waals surface area contributed by atoms with E-state index >= 15 is 0 Å². The summed E-state index contributed by atoms with van der Waals surface area (Å²) in [5, 5.41) is 8.60. The number of hydrogen-bond acceptors (Lipinski definition) is 9. The molecule has 0 atom stereocenters. The first kappa shape index (κ1) is 23.0. The fourth-order valence-electron chi connectivity index (χ4n) is 4.17. The highest BCUT2D eigenvalue weighted by Crippen LogP contribution is 2.27. The number of ether oxygens (including phenoxy) is 2. The molecule has 0 N–H and O–H groups in total. The van der Waals surface area contributed by atoms with E-state index in [9.17, 15) is 8.42 Å². The Morgan fingerprint density at radius 3 is 2.31 bits per heavy atom. The molecule has 0 amide bonds. The van der Waals surface area contributed by atoms with Crippen molar-refractivity contribution in [2.75, 3.05) is 45.3 Å². The largest absolute Gasteiger partial charge is 0.497 e. The first-order valence-corrected chi connectivity index (χ1v) is 12.5. The number of benzene rings is 2. The summed E-state index contributed by atoms with van der Waals surface area (Å²) in [5.41, 5.74) is 2.70. The summed E-state index contributed by atoms with van der Waals surface area (Å²) in [6, 6.07) is 12.3. The fourth-order valence-corrected chi connectivity index (χ4v) is 5.67. The van der Waals surface area contributed by atoms with Crippen LogP contribution >= 0.6 is 0 Å². The van der Waals surface area contributed by atoms with E-state index in [4.69, 9.17) is 9.47 Å². The Labute approximate surface area is 203 Å². The average Bonchev–Trinajstić information content (AvgIpc) is 3.33. The van der Waals surface area contributed by atoms with E-state index in [1.54, 1.807) is 37.1 Å². The van der Waals surface area contributed by atoms with Crippen molar-refractivity contribution < 1.29 is 17.9 Å². The van der Waals surface area contributed by atoms with E-state index in [1.807, 2.05) is 36.1 Å². The van der Waals surface area contributed by atoms with Crippen LogP contribution in [0.4, 0.5) is 5.82 Å². The van der Waals surface area contributed by atoms with Crippen LogP contribution in [0.1, 0.15) is 5.56 Å². The monoisotopic (exact) mass is 495 g/mol. The van der Waals surface area contributed by atoms with Crippen molar-refractivity contribution in [3.63, 3.8) is 0 Å². The van der Waals surface area contributed by atoms with Crippen LogP contribution in [0, 0.1) is 6.92 Å². The highest BCUT2D eigenvalue weighted by atomic mass is 32.2. The Morgan fingerprint density at radius 1 is 0.914 bits per heavy atom. The maximum Gasteiger partial charge on any atom is 0.243 e. The van der Waals surface area contributed by atoms with Crippen LogP contribution in [-0.4, -0.2) is 78.1 Å². The third-order valence-electron chi connectivity index (χ3n) is 6.08. The number of aromatic nitrogens is 5. The smallest absolute Gasteiger partial charge is 0.243 e. The molecule has 0 unspecified atom stereocenters. The molecule has 2 aromatic carbocycles. The Bertz CT molecular complexity index is 1460. The average molecular weight is 496 g/mol. The highest BCUT2D eigenvalue weighted by Gasteiger charge is 2.30. The third kappa shape index (κ3) is 4.15. The third-order valence-corrected chi connectivity index (χ3v) is 7.97. The van der Waals surface area contributed by atoms with E-state index in [0.29, 0.717) is 48.9 Å². The van der Waals surface area contributed by atoms with Gasteiger partial charge in [-0.05, 0) is 55.0 Å². The van der Waals surface area contributed by atoms with Gasteiger partial charge in [0, 0.05) is 26.2 Å². The molecular weight excluding hydrogens is 470 g/mol. The molecule has 35 heavy (non-hydrogen) atoms. The first-order chi connectivity index (χ1) is 16.9. The number of aryl methyl sites for hydroxylation is 1. The van der Waals surface area contributed by atoms with Crippen LogP contribution in [0.3, 0.4) is 0 Å². The van der Waals surface area contributed by atoms with Gasteiger partial charge in [-0.2, -0.15) is 8.99 Å². The lowest BCUT2D eigenvalue weighted by Gasteiger charge is -2.34. The Hall–Kier alpha value is -3.77. The molecule has 182 valence electrons. The van der Waals surface area contributed by atoms with Crippen molar-refractivity contribution >= 4 is 27.0 Å². The lowest BCUT2D eigenvalue weighted by molar-refractivity contribution is 0.383. The van der Waals surface area contributed by atoms with E-state index in [0.717, 1.165) is 17.0 Å². The second-order valence-electron chi connectivity index (χ2n) is 8.09. The molecule has 0 aliphatic carbocycles. The predicted molar refractivity (Wildman–Crippen MR) is 130 cm³/mol. The zero-order valence-electron chi connectivity index (χ0n) is 19.6.